The van der Waals surface area contributed by atoms with Crippen LogP contribution in [0, 0.1) is 19.3 Å². The highest BCUT2D eigenvalue weighted by atomic mass is 16.2. The van der Waals surface area contributed by atoms with Gasteiger partial charge >= 0.3 is 0 Å². The van der Waals surface area contributed by atoms with Crippen LogP contribution in [-0.2, 0) is 9.59 Å². The lowest BCUT2D eigenvalue weighted by Gasteiger charge is -2.27. The molecule has 0 radical (unpaired) electrons. The third kappa shape index (κ3) is 1.98. The Morgan fingerprint density at radius 1 is 0.696 bits per heavy atom. The third-order valence-electron chi connectivity index (χ3n) is 4.71. The number of hydrogen-bond acceptors (Lipinski definition) is 2. The van der Waals surface area contributed by atoms with Gasteiger partial charge in [-0.2, -0.15) is 0 Å². The molecule has 23 heavy (non-hydrogen) atoms. The maximum absolute atomic E-state index is 12.9. The van der Waals surface area contributed by atoms with E-state index in [0.29, 0.717) is 12.8 Å². The fraction of sp³-hybridized carbons (Fsp3) is 0.263. The molecule has 2 aromatic rings. The van der Waals surface area contributed by atoms with Gasteiger partial charge in [0.05, 0.1) is 11.4 Å². The van der Waals surface area contributed by atoms with E-state index in [4.69, 9.17) is 0 Å². The van der Waals surface area contributed by atoms with E-state index in [0.717, 1.165) is 22.5 Å². The van der Waals surface area contributed by atoms with Gasteiger partial charge < -0.3 is 0 Å². The number of rotatable bonds is 2. The Morgan fingerprint density at radius 2 is 1.04 bits per heavy atom. The number of nitrogens with zero attached hydrogens (tertiary/aromatic N) is 2. The zero-order valence-electron chi connectivity index (χ0n) is 13.2. The smallest absolute Gasteiger partial charge is 0.261 e. The topological polar surface area (TPSA) is 40.6 Å². The molecule has 116 valence electrons. The first-order valence-corrected chi connectivity index (χ1v) is 7.85. The summed E-state index contributed by atoms with van der Waals surface area (Å²) in [4.78, 5) is 25.8. The van der Waals surface area contributed by atoms with E-state index in [2.05, 4.69) is 0 Å². The van der Waals surface area contributed by atoms with Crippen molar-refractivity contribution in [2.75, 3.05) is 10.0 Å². The molecule has 4 nitrogen and oxygen atoms in total. The van der Waals surface area contributed by atoms with Gasteiger partial charge in [0.1, 0.15) is 5.41 Å². The van der Waals surface area contributed by atoms with Crippen molar-refractivity contribution in [3.05, 3.63) is 59.7 Å². The van der Waals surface area contributed by atoms with E-state index in [1.165, 1.54) is 0 Å². The number of hydrogen-bond donors (Lipinski definition) is 0. The summed E-state index contributed by atoms with van der Waals surface area (Å²) >= 11 is 0. The summed E-state index contributed by atoms with van der Waals surface area (Å²) in [5.41, 5.74) is 2.89. The second-order valence-electron chi connectivity index (χ2n) is 6.49. The average molecular weight is 306 g/mol. The fourth-order valence-corrected chi connectivity index (χ4v) is 3.07. The van der Waals surface area contributed by atoms with Gasteiger partial charge in [-0.15, -0.1) is 0 Å². The van der Waals surface area contributed by atoms with Crippen LogP contribution >= 0.6 is 0 Å². The summed E-state index contributed by atoms with van der Waals surface area (Å²) in [6, 6.07) is 15.4. The van der Waals surface area contributed by atoms with Crippen LogP contribution in [0.5, 0.6) is 0 Å². The minimum atomic E-state index is -0.824. The van der Waals surface area contributed by atoms with Gasteiger partial charge in [-0.25, -0.2) is 10.0 Å². The van der Waals surface area contributed by atoms with E-state index < -0.39 is 5.41 Å². The molecule has 0 N–H and O–H groups in total. The number of carbonyl (C=O) groups is 2. The van der Waals surface area contributed by atoms with E-state index in [1.807, 2.05) is 62.4 Å². The molecule has 1 heterocycles. The molecule has 0 atom stereocenters. The van der Waals surface area contributed by atoms with Gasteiger partial charge in [0, 0.05) is 0 Å². The van der Waals surface area contributed by atoms with Gasteiger partial charge in [-0.1, -0.05) is 35.4 Å². The molecular weight excluding hydrogens is 288 g/mol. The predicted molar refractivity (Wildman–Crippen MR) is 89.0 cm³/mol. The minimum Gasteiger partial charge on any atom is -0.271 e. The van der Waals surface area contributed by atoms with Crippen LogP contribution in [-0.4, -0.2) is 11.8 Å². The lowest BCUT2D eigenvalue weighted by atomic mass is 10.1. The molecule has 2 fully saturated rings. The zero-order valence-corrected chi connectivity index (χ0v) is 13.2. The Bertz CT molecular complexity index is 724. The van der Waals surface area contributed by atoms with E-state index >= 15 is 0 Å². The first kappa shape index (κ1) is 14.0. The van der Waals surface area contributed by atoms with Crippen LogP contribution in [0.3, 0.4) is 0 Å². The Balaban J connectivity index is 1.83. The molecule has 4 rings (SSSR count). The van der Waals surface area contributed by atoms with Crippen LogP contribution in [0.1, 0.15) is 24.0 Å². The number of benzene rings is 2. The molecular formula is C19H18N2O2. The summed E-state index contributed by atoms with van der Waals surface area (Å²) in [7, 11) is 0. The zero-order chi connectivity index (χ0) is 16.2. The number of aryl methyl sites for hydroxylation is 2. The van der Waals surface area contributed by atoms with Gasteiger partial charge in [0.2, 0.25) is 0 Å². The highest BCUT2D eigenvalue weighted by Crippen LogP contribution is 2.54. The van der Waals surface area contributed by atoms with Crippen LogP contribution in [0.25, 0.3) is 0 Å². The molecule has 2 aromatic carbocycles. The highest BCUT2D eigenvalue weighted by Gasteiger charge is 2.66. The Hall–Kier alpha value is -2.62. The third-order valence-corrected chi connectivity index (χ3v) is 4.71. The molecule has 0 aromatic heterocycles. The SMILES string of the molecule is Cc1ccc(N2C(=O)C3(CC3)C(=O)N2c2ccc(C)cc2)cc1. The van der Waals surface area contributed by atoms with Crippen molar-refractivity contribution in [2.45, 2.75) is 26.7 Å². The maximum Gasteiger partial charge on any atom is 0.261 e. The van der Waals surface area contributed by atoms with Crippen molar-refractivity contribution in [3.8, 4) is 0 Å². The van der Waals surface area contributed by atoms with Crippen molar-refractivity contribution < 1.29 is 9.59 Å². The van der Waals surface area contributed by atoms with Gasteiger partial charge in [0.15, 0.2) is 0 Å². The number of anilines is 2. The van der Waals surface area contributed by atoms with Crippen LogP contribution in [0.4, 0.5) is 11.4 Å². The monoisotopic (exact) mass is 306 g/mol. The first-order chi connectivity index (χ1) is 11.0. The Labute approximate surface area is 135 Å². The Morgan fingerprint density at radius 3 is 1.35 bits per heavy atom. The van der Waals surface area contributed by atoms with Crippen molar-refractivity contribution in [3.63, 3.8) is 0 Å². The van der Waals surface area contributed by atoms with Crippen LogP contribution in [0.2, 0.25) is 0 Å². The summed E-state index contributed by atoms with van der Waals surface area (Å²) in [5, 5.41) is 3.08. The fourth-order valence-electron chi connectivity index (χ4n) is 3.07. The van der Waals surface area contributed by atoms with Gasteiger partial charge in [-0.3, -0.25) is 9.59 Å². The summed E-state index contributed by atoms with van der Waals surface area (Å²) in [6.07, 6.45) is 1.30. The first-order valence-electron chi connectivity index (χ1n) is 7.85. The molecule has 1 spiro atoms. The van der Waals surface area contributed by atoms with Gasteiger partial charge in [0.25, 0.3) is 11.8 Å². The van der Waals surface area contributed by atoms with E-state index in [1.54, 1.807) is 10.0 Å². The summed E-state index contributed by atoms with van der Waals surface area (Å²) < 4.78 is 0. The number of hydrazine groups is 1. The second kappa shape index (κ2) is 4.69. The molecule has 1 aliphatic heterocycles. The quantitative estimate of drug-likeness (QED) is 0.798. The number of carbonyl (C=O) groups excluding carboxylic acids is 2. The molecule has 1 saturated heterocycles. The molecule has 0 unspecified atom stereocenters. The molecule has 2 aliphatic rings. The Kier molecular flexibility index (Phi) is 2.85. The largest absolute Gasteiger partial charge is 0.271 e. The van der Waals surface area contributed by atoms with Crippen LogP contribution < -0.4 is 10.0 Å². The second-order valence-corrected chi connectivity index (χ2v) is 6.49. The lowest BCUT2D eigenvalue weighted by Crippen LogP contribution is -2.41. The summed E-state index contributed by atoms with van der Waals surface area (Å²) in [5.74, 6) is -0.209. The highest BCUT2D eigenvalue weighted by molar-refractivity contribution is 6.27. The van der Waals surface area contributed by atoms with Crippen molar-refractivity contribution in [1.29, 1.82) is 0 Å². The molecule has 0 bridgehead atoms. The van der Waals surface area contributed by atoms with E-state index in [-0.39, 0.29) is 11.8 Å². The molecule has 4 heteroatoms. The van der Waals surface area contributed by atoms with Crippen molar-refractivity contribution >= 4 is 23.2 Å². The maximum atomic E-state index is 12.9. The van der Waals surface area contributed by atoms with Crippen molar-refractivity contribution in [2.24, 2.45) is 5.41 Å². The van der Waals surface area contributed by atoms with Crippen LogP contribution in [0.15, 0.2) is 48.5 Å². The summed E-state index contributed by atoms with van der Waals surface area (Å²) in [6.45, 7) is 4.00. The molecule has 1 aliphatic carbocycles. The van der Waals surface area contributed by atoms with E-state index in [9.17, 15) is 9.59 Å². The predicted octanol–water partition coefficient (Wildman–Crippen LogP) is 3.38. The average Bonchev–Trinajstić information content (AvgIpc) is 3.32. The molecule has 2 amide bonds. The van der Waals surface area contributed by atoms with Crippen molar-refractivity contribution in [1.82, 2.24) is 0 Å². The standard InChI is InChI=1S/C19H18N2O2/c1-13-3-7-15(8-4-13)20-17(22)19(11-12-19)18(23)21(20)16-9-5-14(2)6-10-16/h3-10H,11-12H2,1-2H3. The molecule has 1 saturated carbocycles. The normalized spacial score (nSPS) is 18.9. The lowest BCUT2D eigenvalue weighted by molar-refractivity contribution is -0.128. The minimum absolute atomic E-state index is 0.105. The number of amides is 2. The van der Waals surface area contributed by atoms with Gasteiger partial charge in [-0.05, 0) is 51.0 Å².